The highest BCUT2D eigenvalue weighted by molar-refractivity contribution is 8.01. The van der Waals surface area contributed by atoms with Gasteiger partial charge in [0.1, 0.15) is 0 Å². The van der Waals surface area contributed by atoms with Gasteiger partial charge in [-0.25, -0.2) is 4.98 Å². The first-order valence-corrected chi connectivity index (χ1v) is 19.4. The normalized spacial score (nSPS) is 18.8. The molecule has 8 nitrogen and oxygen atoms in total. The number of fused-ring (bicyclic) bond motifs is 1. The molecule has 5 aromatic rings. The van der Waals surface area contributed by atoms with E-state index in [1.807, 2.05) is 66.7 Å². The van der Waals surface area contributed by atoms with Gasteiger partial charge in [-0.15, -0.1) is 11.3 Å². The molecule has 2 heterocycles. The second-order valence-electron chi connectivity index (χ2n) is 13.0. The van der Waals surface area contributed by atoms with Gasteiger partial charge in [-0.05, 0) is 64.9 Å². The van der Waals surface area contributed by atoms with Crippen LogP contribution in [-0.4, -0.2) is 40.3 Å². The Morgan fingerprint density at radius 3 is 2.41 bits per heavy atom. The average Bonchev–Trinajstić information content (AvgIpc) is 3.58. The van der Waals surface area contributed by atoms with E-state index in [1.54, 1.807) is 23.1 Å². The van der Waals surface area contributed by atoms with Crippen molar-refractivity contribution in [2.75, 3.05) is 12.3 Å². The second kappa shape index (κ2) is 17.9. The molecule has 0 radical (unpaired) electrons. The molecule has 3 N–H and O–H groups in total. The molecular weight excluding hydrogens is 679 g/mol. The number of para-hydroxylation sites is 1. The van der Waals surface area contributed by atoms with Crippen molar-refractivity contribution in [2.24, 2.45) is 5.92 Å². The maximum absolute atomic E-state index is 12.5. The summed E-state index contributed by atoms with van der Waals surface area (Å²) in [6, 6.07) is 32.7. The molecule has 1 fully saturated rings. The number of carbonyl (C=O) groups is 2. The van der Waals surface area contributed by atoms with Crippen LogP contribution in [0.25, 0.3) is 21.3 Å². The Bertz CT molecular complexity index is 1880. The third kappa shape index (κ3) is 10.1. The van der Waals surface area contributed by atoms with Crippen molar-refractivity contribution >= 4 is 45.1 Å². The van der Waals surface area contributed by atoms with Crippen LogP contribution in [0.1, 0.15) is 74.2 Å². The van der Waals surface area contributed by atoms with Crippen LogP contribution < -0.4 is 10.6 Å². The van der Waals surface area contributed by atoms with Crippen molar-refractivity contribution in [1.29, 1.82) is 0 Å². The zero-order valence-corrected chi connectivity index (χ0v) is 30.7. The minimum absolute atomic E-state index is 0.00296. The first-order chi connectivity index (χ1) is 24.9. The molecule has 4 atom stereocenters. The molecule has 1 aromatic heterocycles. The van der Waals surface area contributed by atoms with Gasteiger partial charge in [0.25, 0.3) is 0 Å². The van der Waals surface area contributed by atoms with Gasteiger partial charge in [0, 0.05) is 43.7 Å². The smallest absolute Gasteiger partial charge is 0.220 e. The van der Waals surface area contributed by atoms with Gasteiger partial charge in [0.15, 0.2) is 10.6 Å². The van der Waals surface area contributed by atoms with E-state index in [4.69, 9.17) is 14.5 Å². The quantitative estimate of drug-likeness (QED) is 0.0736. The first-order valence-electron chi connectivity index (χ1n) is 17.6. The minimum Gasteiger partial charge on any atom is -0.392 e. The molecular formula is C41H45N3O5S2. The molecule has 0 bridgehead atoms. The Balaban J connectivity index is 1.14. The van der Waals surface area contributed by atoms with Crippen molar-refractivity contribution in [1.82, 2.24) is 15.6 Å². The maximum atomic E-state index is 12.5. The van der Waals surface area contributed by atoms with Crippen LogP contribution in [0.3, 0.4) is 0 Å². The van der Waals surface area contributed by atoms with Gasteiger partial charge in [-0.2, -0.15) is 0 Å². The summed E-state index contributed by atoms with van der Waals surface area (Å²) in [6.45, 7) is 4.79. The van der Waals surface area contributed by atoms with E-state index in [9.17, 15) is 14.7 Å². The Morgan fingerprint density at radius 1 is 0.843 bits per heavy atom. The standard InChI is InChI=1S/C41H45N3O5S2/c1-27-36(26-50-41-44-35-14-5-6-15-37(35)51-41)48-40(49-39(27)31-19-17-29(25-45)18-20-31)34-13-9-12-33(23-34)32-11-8-10-30(22-32)24-43-38(47)16-4-3-7-21-42-28(2)46/h5-6,8-15,17-20,22-23,27,36,39-40,45H,3-4,7,16,21,24-26H2,1-2H3,(H,42,46)(H,43,47)/t27-,36+,39+,40+/m1/s1. The molecule has 10 heteroatoms. The summed E-state index contributed by atoms with van der Waals surface area (Å²) in [5.41, 5.74) is 6.97. The number of hydrogen-bond donors (Lipinski definition) is 3. The van der Waals surface area contributed by atoms with Crippen LogP contribution in [0.5, 0.6) is 0 Å². The van der Waals surface area contributed by atoms with Crippen LogP contribution in [0.15, 0.2) is 101 Å². The van der Waals surface area contributed by atoms with Gasteiger partial charge in [-0.1, -0.05) is 97.9 Å². The van der Waals surface area contributed by atoms with E-state index in [0.717, 1.165) is 68.3 Å². The fraction of sp³-hybridized carbons (Fsp3) is 0.341. The van der Waals surface area contributed by atoms with Crippen LogP contribution >= 0.6 is 23.1 Å². The number of hydrogen-bond acceptors (Lipinski definition) is 8. The summed E-state index contributed by atoms with van der Waals surface area (Å²) in [5, 5.41) is 15.5. The summed E-state index contributed by atoms with van der Waals surface area (Å²) in [5.74, 6) is 0.805. The summed E-state index contributed by atoms with van der Waals surface area (Å²) >= 11 is 3.43. The Hall–Kier alpha value is -4.06. The number of nitrogens with zero attached hydrogens (tertiary/aromatic N) is 1. The molecule has 1 aliphatic heterocycles. The average molecular weight is 724 g/mol. The highest BCUT2D eigenvalue weighted by Gasteiger charge is 2.38. The van der Waals surface area contributed by atoms with E-state index in [2.05, 4.69) is 47.9 Å². The Labute approximate surface area is 308 Å². The molecule has 2 amide bonds. The van der Waals surface area contributed by atoms with Gasteiger partial charge in [-0.3, -0.25) is 9.59 Å². The summed E-state index contributed by atoms with van der Waals surface area (Å²) < 4.78 is 15.7. The topological polar surface area (TPSA) is 110 Å². The minimum atomic E-state index is -0.578. The lowest BCUT2D eigenvalue weighted by molar-refractivity contribution is -0.268. The predicted octanol–water partition coefficient (Wildman–Crippen LogP) is 8.35. The van der Waals surface area contributed by atoms with Gasteiger partial charge in [0.05, 0.1) is 29.0 Å². The van der Waals surface area contributed by atoms with Gasteiger partial charge >= 0.3 is 0 Å². The fourth-order valence-electron chi connectivity index (χ4n) is 6.24. The molecule has 51 heavy (non-hydrogen) atoms. The largest absolute Gasteiger partial charge is 0.392 e. The molecule has 0 spiro atoms. The molecule has 266 valence electrons. The number of benzene rings is 4. The number of aliphatic hydroxyl groups is 1. The van der Waals surface area contributed by atoms with E-state index < -0.39 is 6.29 Å². The molecule has 0 saturated carbocycles. The Kier molecular flexibility index (Phi) is 12.9. The van der Waals surface area contributed by atoms with Crippen molar-refractivity contribution in [2.45, 2.75) is 75.5 Å². The molecule has 4 aromatic carbocycles. The van der Waals surface area contributed by atoms with Crippen molar-refractivity contribution in [3.63, 3.8) is 0 Å². The van der Waals surface area contributed by atoms with Crippen LogP contribution in [0.4, 0.5) is 0 Å². The lowest BCUT2D eigenvalue weighted by atomic mass is 9.91. The Morgan fingerprint density at radius 2 is 1.63 bits per heavy atom. The summed E-state index contributed by atoms with van der Waals surface area (Å²) in [6.07, 6.45) is 2.14. The number of nitrogens with one attached hydrogen (secondary N) is 2. The number of unbranched alkanes of at least 4 members (excludes halogenated alkanes) is 2. The maximum Gasteiger partial charge on any atom is 0.220 e. The number of aromatic nitrogens is 1. The summed E-state index contributed by atoms with van der Waals surface area (Å²) in [7, 11) is 0. The molecule has 1 aliphatic rings. The SMILES string of the molecule is CC(=O)NCCCCCC(=O)NCc1cccc(-c2cccc([C@H]3O[C@@H](CSc4nc5ccccc5s4)[C@@H](C)[C@@H](c4ccc(CO)cc4)O3)c2)c1. The number of aliphatic hydroxyl groups excluding tert-OH is 1. The second-order valence-corrected chi connectivity index (χ2v) is 15.3. The highest BCUT2D eigenvalue weighted by atomic mass is 32.2. The number of ether oxygens (including phenoxy) is 2. The zero-order chi connectivity index (χ0) is 35.6. The van der Waals surface area contributed by atoms with E-state index in [0.29, 0.717) is 19.5 Å². The lowest BCUT2D eigenvalue weighted by Gasteiger charge is -2.41. The van der Waals surface area contributed by atoms with Crippen molar-refractivity contribution in [3.8, 4) is 11.1 Å². The monoisotopic (exact) mass is 723 g/mol. The van der Waals surface area contributed by atoms with Gasteiger partial charge < -0.3 is 25.2 Å². The van der Waals surface area contributed by atoms with Crippen molar-refractivity contribution < 1.29 is 24.2 Å². The van der Waals surface area contributed by atoms with Crippen LogP contribution in [0.2, 0.25) is 0 Å². The number of amides is 2. The van der Waals surface area contributed by atoms with Crippen LogP contribution in [0, 0.1) is 5.92 Å². The van der Waals surface area contributed by atoms with Crippen molar-refractivity contribution in [3.05, 3.63) is 119 Å². The third-order valence-electron chi connectivity index (χ3n) is 9.13. The van der Waals surface area contributed by atoms with E-state index in [1.165, 1.54) is 11.6 Å². The number of thiazole rings is 1. The molecule has 1 saturated heterocycles. The number of thioether (sulfide) groups is 1. The third-order valence-corrected chi connectivity index (χ3v) is 11.4. The highest BCUT2D eigenvalue weighted by Crippen LogP contribution is 2.44. The van der Waals surface area contributed by atoms with Crippen LogP contribution in [-0.2, 0) is 32.2 Å². The van der Waals surface area contributed by atoms with E-state index >= 15 is 0 Å². The molecule has 0 aliphatic carbocycles. The number of carbonyl (C=O) groups excluding carboxylic acids is 2. The molecule has 0 unspecified atom stereocenters. The lowest BCUT2D eigenvalue weighted by Crippen LogP contribution is -2.38. The summed E-state index contributed by atoms with van der Waals surface area (Å²) in [4.78, 5) is 28.3. The fourth-order valence-corrected chi connectivity index (χ4v) is 8.50. The zero-order valence-electron chi connectivity index (χ0n) is 29.0. The number of rotatable bonds is 15. The first kappa shape index (κ1) is 36.7. The predicted molar refractivity (Wildman–Crippen MR) is 204 cm³/mol. The van der Waals surface area contributed by atoms with E-state index in [-0.39, 0.29) is 36.5 Å². The molecule has 6 rings (SSSR count). The van der Waals surface area contributed by atoms with Gasteiger partial charge in [0.2, 0.25) is 11.8 Å².